The number of methoxy groups -OCH3 is 1. The zero-order chi connectivity index (χ0) is 13.5. The Bertz CT molecular complexity index is 452. The number of rotatable bonds is 6. The smallest absolute Gasteiger partial charge is 0.122 e. The van der Waals surface area contributed by atoms with Crippen molar-refractivity contribution >= 4 is 11.6 Å². The van der Waals surface area contributed by atoms with E-state index in [0.717, 1.165) is 47.0 Å². The van der Waals surface area contributed by atoms with Gasteiger partial charge in [0.2, 0.25) is 0 Å². The van der Waals surface area contributed by atoms with Gasteiger partial charge in [0.05, 0.1) is 13.2 Å². The second kappa shape index (κ2) is 7.25. The normalized spacial score (nSPS) is 10.2. The predicted molar refractivity (Wildman–Crippen MR) is 74.3 cm³/mol. The highest BCUT2D eigenvalue weighted by Crippen LogP contribution is 2.31. The van der Waals surface area contributed by atoms with Crippen LogP contribution in [0.2, 0.25) is 5.02 Å². The molecular weight excluding hydrogens is 248 g/mol. The molecule has 0 aliphatic rings. The van der Waals surface area contributed by atoms with Gasteiger partial charge < -0.3 is 10.1 Å². The van der Waals surface area contributed by atoms with Crippen LogP contribution >= 0.6 is 11.6 Å². The number of aryl methyl sites for hydroxylation is 1. The van der Waals surface area contributed by atoms with Gasteiger partial charge in [0.25, 0.3) is 0 Å². The quantitative estimate of drug-likeness (QED) is 0.805. The summed E-state index contributed by atoms with van der Waals surface area (Å²) in [5.41, 5.74) is 3.25. The molecule has 0 aromatic heterocycles. The molecule has 1 rings (SSSR count). The number of nitrogens with one attached hydrogen (secondary N) is 1. The maximum atomic E-state index is 8.45. The molecule has 0 atom stereocenters. The molecule has 0 unspecified atom stereocenters. The van der Waals surface area contributed by atoms with Crippen LogP contribution < -0.4 is 10.1 Å². The molecule has 0 saturated heterocycles. The second-order valence-corrected chi connectivity index (χ2v) is 4.60. The average molecular weight is 267 g/mol. The summed E-state index contributed by atoms with van der Waals surface area (Å²) >= 11 is 6.26. The molecule has 0 aliphatic carbocycles. The number of ether oxygens (including phenoxy) is 1. The summed E-state index contributed by atoms with van der Waals surface area (Å²) in [6, 6.07) is 4.08. The molecule has 0 radical (unpaired) electrons. The molecule has 0 saturated carbocycles. The number of nitriles is 1. The first-order valence-electron chi connectivity index (χ1n) is 6.02. The first-order chi connectivity index (χ1) is 8.61. The zero-order valence-electron chi connectivity index (χ0n) is 11.1. The molecule has 1 aromatic rings. The van der Waals surface area contributed by atoms with Crippen LogP contribution in [0.25, 0.3) is 0 Å². The van der Waals surface area contributed by atoms with Crippen LogP contribution in [0.4, 0.5) is 0 Å². The fourth-order valence-corrected chi connectivity index (χ4v) is 2.10. The van der Waals surface area contributed by atoms with Gasteiger partial charge in [-0.2, -0.15) is 5.26 Å². The lowest BCUT2D eigenvalue weighted by Crippen LogP contribution is -2.18. The van der Waals surface area contributed by atoms with E-state index in [1.807, 2.05) is 19.9 Å². The summed E-state index contributed by atoms with van der Waals surface area (Å²) in [5, 5.41) is 12.5. The Morgan fingerprint density at radius 2 is 2.11 bits per heavy atom. The minimum atomic E-state index is 0.533. The molecule has 1 N–H and O–H groups in total. The summed E-state index contributed by atoms with van der Waals surface area (Å²) in [5.74, 6) is 0.886. The van der Waals surface area contributed by atoms with Crippen LogP contribution in [0.3, 0.4) is 0 Å². The Labute approximate surface area is 114 Å². The van der Waals surface area contributed by atoms with Crippen LogP contribution in [0.1, 0.15) is 23.1 Å². The fraction of sp³-hybridized carbons (Fsp3) is 0.500. The lowest BCUT2D eigenvalue weighted by molar-refractivity contribution is 0.408. The van der Waals surface area contributed by atoms with Crippen molar-refractivity contribution in [3.63, 3.8) is 0 Å². The van der Waals surface area contributed by atoms with Gasteiger partial charge in [0.15, 0.2) is 0 Å². The number of nitrogens with zero attached hydrogens (tertiary/aromatic N) is 1. The van der Waals surface area contributed by atoms with Gasteiger partial charge in [-0.25, -0.2) is 0 Å². The lowest BCUT2D eigenvalue weighted by Gasteiger charge is -2.15. The van der Waals surface area contributed by atoms with E-state index in [9.17, 15) is 0 Å². The Morgan fingerprint density at radius 1 is 1.39 bits per heavy atom. The van der Waals surface area contributed by atoms with E-state index in [1.54, 1.807) is 7.11 Å². The fourth-order valence-electron chi connectivity index (χ4n) is 1.94. The van der Waals surface area contributed by atoms with Crippen molar-refractivity contribution < 1.29 is 4.74 Å². The van der Waals surface area contributed by atoms with Crippen LogP contribution in [-0.4, -0.2) is 20.2 Å². The molecule has 98 valence electrons. The van der Waals surface area contributed by atoms with Crippen LogP contribution in [-0.2, 0) is 6.42 Å². The van der Waals surface area contributed by atoms with Gasteiger partial charge in [-0.05, 0) is 49.6 Å². The predicted octanol–water partition coefficient (Wildman–Crippen LogP) is 3.01. The van der Waals surface area contributed by atoms with E-state index in [4.69, 9.17) is 21.6 Å². The SMILES string of the molecule is COc1cc(C)c(Cl)c(C)c1CCNCCC#N. The zero-order valence-corrected chi connectivity index (χ0v) is 11.9. The van der Waals surface area contributed by atoms with Crippen molar-refractivity contribution in [1.82, 2.24) is 5.32 Å². The molecular formula is C14H19ClN2O. The van der Waals surface area contributed by atoms with Gasteiger partial charge in [0, 0.05) is 18.0 Å². The molecule has 1 aromatic carbocycles. The number of hydrogen-bond donors (Lipinski definition) is 1. The van der Waals surface area contributed by atoms with Crippen LogP contribution in [0.15, 0.2) is 6.07 Å². The highest BCUT2D eigenvalue weighted by molar-refractivity contribution is 6.32. The average Bonchev–Trinajstić information content (AvgIpc) is 2.37. The molecule has 18 heavy (non-hydrogen) atoms. The van der Waals surface area contributed by atoms with Crippen molar-refractivity contribution in [1.29, 1.82) is 5.26 Å². The van der Waals surface area contributed by atoms with E-state index in [-0.39, 0.29) is 0 Å². The number of benzene rings is 1. The van der Waals surface area contributed by atoms with Crippen molar-refractivity contribution in [3.05, 3.63) is 27.8 Å². The van der Waals surface area contributed by atoms with Gasteiger partial charge in [-0.3, -0.25) is 0 Å². The maximum Gasteiger partial charge on any atom is 0.122 e. The first-order valence-corrected chi connectivity index (χ1v) is 6.39. The minimum absolute atomic E-state index is 0.533. The summed E-state index contributed by atoms with van der Waals surface area (Å²) in [7, 11) is 1.68. The Balaban J connectivity index is 2.75. The van der Waals surface area contributed by atoms with Gasteiger partial charge in [0.1, 0.15) is 5.75 Å². The van der Waals surface area contributed by atoms with E-state index >= 15 is 0 Å². The van der Waals surface area contributed by atoms with Crippen molar-refractivity contribution in [2.45, 2.75) is 26.7 Å². The summed E-state index contributed by atoms with van der Waals surface area (Å²) in [4.78, 5) is 0. The van der Waals surface area contributed by atoms with Crippen molar-refractivity contribution in [3.8, 4) is 11.8 Å². The maximum absolute atomic E-state index is 8.45. The molecule has 0 spiro atoms. The summed E-state index contributed by atoms with van der Waals surface area (Å²) < 4.78 is 5.40. The second-order valence-electron chi connectivity index (χ2n) is 4.22. The number of halogens is 1. The molecule has 0 bridgehead atoms. The lowest BCUT2D eigenvalue weighted by atomic mass is 10.0. The highest BCUT2D eigenvalue weighted by atomic mass is 35.5. The van der Waals surface area contributed by atoms with Crippen molar-refractivity contribution in [2.24, 2.45) is 0 Å². The van der Waals surface area contributed by atoms with E-state index in [1.165, 1.54) is 0 Å². The summed E-state index contributed by atoms with van der Waals surface area (Å²) in [6.07, 6.45) is 1.38. The third-order valence-electron chi connectivity index (χ3n) is 2.96. The number of hydrogen-bond acceptors (Lipinski definition) is 3. The third-order valence-corrected chi connectivity index (χ3v) is 3.54. The first kappa shape index (κ1) is 14.8. The van der Waals surface area contributed by atoms with E-state index < -0.39 is 0 Å². The third kappa shape index (κ3) is 3.63. The topological polar surface area (TPSA) is 45.0 Å². The molecule has 4 heteroatoms. The summed E-state index contributed by atoms with van der Waals surface area (Å²) in [6.45, 7) is 5.53. The van der Waals surface area contributed by atoms with Crippen LogP contribution in [0, 0.1) is 25.2 Å². The van der Waals surface area contributed by atoms with E-state index in [0.29, 0.717) is 6.42 Å². The monoisotopic (exact) mass is 266 g/mol. The molecule has 0 fully saturated rings. The van der Waals surface area contributed by atoms with E-state index in [2.05, 4.69) is 11.4 Å². The van der Waals surface area contributed by atoms with Gasteiger partial charge in [-0.15, -0.1) is 0 Å². The standard InChI is InChI=1S/C14H19ClN2O/c1-10-9-13(18-3)12(11(2)14(10)15)5-8-17-7-4-6-16/h9,17H,4-5,7-8H2,1-3H3. The largest absolute Gasteiger partial charge is 0.496 e. The Morgan fingerprint density at radius 3 is 2.72 bits per heavy atom. The molecule has 3 nitrogen and oxygen atoms in total. The molecule has 0 heterocycles. The van der Waals surface area contributed by atoms with Gasteiger partial charge >= 0.3 is 0 Å². The molecule has 0 amide bonds. The minimum Gasteiger partial charge on any atom is -0.496 e. The van der Waals surface area contributed by atoms with Crippen molar-refractivity contribution in [2.75, 3.05) is 20.2 Å². The Hall–Kier alpha value is -1.24. The van der Waals surface area contributed by atoms with Gasteiger partial charge in [-0.1, -0.05) is 11.6 Å². The Kier molecular flexibility index (Phi) is 5.97. The van der Waals surface area contributed by atoms with Crippen LogP contribution in [0.5, 0.6) is 5.75 Å². The highest BCUT2D eigenvalue weighted by Gasteiger charge is 2.12. The molecule has 0 aliphatic heterocycles.